The summed E-state index contributed by atoms with van der Waals surface area (Å²) >= 11 is 6.48. The fourth-order valence-electron chi connectivity index (χ4n) is 8.82. The van der Waals surface area contributed by atoms with Gasteiger partial charge in [0, 0.05) is 61.9 Å². The Labute approximate surface area is 334 Å². The number of anilines is 1. The highest BCUT2D eigenvalue weighted by atomic mass is 35.5. The van der Waals surface area contributed by atoms with Crippen LogP contribution in [0.4, 0.5) is 5.69 Å². The zero-order chi connectivity index (χ0) is 39.6. The number of carbonyl (C=O) groups excluding carboxylic acids is 2. The SMILES string of the molecule is CNCCO[C@H]1/C=C/[C@H](OC)[C@@H]2CC[C@H]2CN2C[C@@]3(CCCc4cc(Cl)ccc43)COc3ccc(cc32)C(=O)N=S(=O)(NC(=O)c2cn(C)nc2OC)C[C@H]1C. The molecule has 0 radical (unpaired) electrons. The predicted molar refractivity (Wildman–Crippen MR) is 216 cm³/mol. The summed E-state index contributed by atoms with van der Waals surface area (Å²) in [6.07, 6.45) is 9.77. The summed E-state index contributed by atoms with van der Waals surface area (Å²) in [6, 6.07) is 11.5. The lowest BCUT2D eigenvalue weighted by atomic mass is 9.68. The quantitative estimate of drug-likeness (QED) is 0.226. The second kappa shape index (κ2) is 16.9. The normalized spacial score (nSPS) is 29.5. The lowest BCUT2D eigenvalue weighted by Gasteiger charge is -2.46. The molecule has 2 aliphatic carbocycles. The number of nitrogens with one attached hydrogen (secondary N) is 2. The molecular weight excluding hydrogens is 756 g/mol. The monoisotopic (exact) mass is 808 g/mol. The number of aryl methyl sites for hydroxylation is 2. The molecule has 2 amide bonds. The van der Waals surface area contributed by atoms with E-state index in [9.17, 15) is 13.8 Å². The number of ether oxygens (including phenoxy) is 4. The lowest BCUT2D eigenvalue weighted by Crippen LogP contribution is -2.49. The van der Waals surface area contributed by atoms with Gasteiger partial charge in [0.25, 0.3) is 11.8 Å². The van der Waals surface area contributed by atoms with Gasteiger partial charge in [0.1, 0.15) is 21.2 Å². The minimum Gasteiger partial charge on any atom is -0.490 e. The van der Waals surface area contributed by atoms with Crippen molar-refractivity contribution in [2.45, 2.75) is 56.7 Å². The highest BCUT2D eigenvalue weighted by Crippen LogP contribution is 2.47. The molecule has 4 aliphatic rings. The highest BCUT2D eigenvalue weighted by Gasteiger charge is 2.44. The molecule has 13 nitrogen and oxygen atoms in total. The van der Waals surface area contributed by atoms with Crippen LogP contribution >= 0.6 is 11.6 Å². The molecule has 2 aromatic carbocycles. The van der Waals surface area contributed by atoms with Crippen molar-refractivity contribution < 1.29 is 32.7 Å². The lowest BCUT2D eigenvalue weighted by molar-refractivity contribution is 0.0110. The molecule has 15 heteroatoms. The van der Waals surface area contributed by atoms with Gasteiger partial charge < -0.3 is 29.2 Å². The average molecular weight is 809 g/mol. The van der Waals surface area contributed by atoms with E-state index in [2.05, 4.69) is 42.6 Å². The molecule has 2 aliphatic heterocycles. The number of rotatable bonds is 8. The van der Waals surface area contributed by atoms with Gasteiger partial charge in [-0.25, -0.2) is 4.21 Å². The second-order valence-corrected chi connectivity index (χ2v) is 18.1. The summed E-state index contributed by atoms with van der Waals surface area (Å²) in [5.74, 6) is -0.748. The third-order valence-electron chi connectivity index (χ3n) is 11.8. The zero-order valence-corrected chi connectivity index (χ0v) is 34.4. The van der Waals surface area contributed by atoms with Gasteiger partial charge in [0.15, 0.2) is 0 Å². The number of nitrogens with zero attached hydrogens (tertiary/aromatic N) is 4. The minimum absolute atomic E-state index is 0.0593. The maximum Gasteiger partial charge on any atom is 0.286 e. The predicted octanol–water partition coefficient (Wildman–Crippen LogP) is 5.36. The van der Waals surface area contributed by atoms with Gasteiger partial charge in [-0.1, -0.05) is 36.7 Å². The van der Waals surface area contributed by atoms with Crippen molar-refractivity contribution in [1.29, 1.82) is 0 Å². The number of fused-ring (bicyclic) bond motifs is 4. The molecule has 3 aromatic rings. The molecule has 1 aromatic heterocycles. The van der Waals surface area contributed by atoms with E-state index in [0.29, 0.717) is 38.0 Å². The summed E-state index contributed by atoms with van der Waals surface area (Å²) in [7, 11) is 2.88. The molecule has 7 rings (SSSR count). The number of likely N-dealkylation sites (N-methyl/N-ethyl adjacent to an activating group) is 1. The van der Waals surface area contributed by atoms with Crippen LogP contribution in [-0.2, 0) is 38.3 Å². The molecule has 3 heterocycles. The number of aromatic nitrogens is 2. The van der Waals surface area contributed by atoms with Crippen LogP contribution in [-0.4, -0.2) is 97.9 Å². The molecule has 1 unspecified atom stereocenters. The Hall–Kier alpha value is -3.95. The molecule has 1 spiro atoms. The number of benzene rings is 2. The number of hydrogen-bond donors (Lipinski definition) is 2. The van der Waals surface area contributed by atoms with Crippen LogP contribution in [0.15, 0.2) is 59.1 Å². The largest absolute Gasteiger partial charge is 0.490 e. The fraction of sp³-hybridized carbons (Fsp3) is 0.537. The Morgan fingerprint density at radius 2 is 1.96 bits per heavy atom. The van der Waals surface area contributed by atoms with Crippen molar-refractivity contribution in [2.75, 3.05) is 64.8 Å². The average Bonchev–Trinajstić information content (AvgIpc) is 3.48. The summed E-state index contributed by atoms with van der Waals surface area (Å²) < 4.78 is 47.8. The Balaban J connectivity index is 1.33. The Morgan fingerprint density at radius 1 is 1.14 bits per heavy atom. The minimum atomic E-state index is -3.75. The Kier molecular flexibility index (Phi) is 12.1. The zero-order valence-electron chi connectivity index (χ0n) is 32.8. The summed E-state index contributed by atoms with van der Waals surface area (Å²) in [5.41, 5.74) is 3.29. The molecule has 1 saturated carbocycles. The first kappa shape index (κ1) is 40.3. The van der Waals surface area contributed by atoms with Crippen LogP contribution in [0.5, 0.6) is 11.6 Å². The first-order valence-corrected chi connectivity index (χ1v) is 21.5. The molecule has 2 bridgehead atoms. The molecule has 7 atom stereocenters. The van der Waals surface area contributed by atoms with Crippen LogP contribution in [0, 0.1) is 17.8 Å². The van der Waals surface area contributed by atoms with E-state index < -0.39 is 33.8 Å². The topological polar surface area (TPSA) is 146 Å². The van der Waals surface area contributed by atoms with E-state index in [0.717, 1.165) is 49.4 Å². The summed E-state index contributed by atoms with van der Waals surface area (Å²) in [4.78, 5) is 30.4. The van der Waals surface area contributed by atoms with Crippen molar-refractivity contribution in [3.05, 3.63) is 82.0 Å². The van der Waals surface area contributed by atoms with E-state index in [1.54, 1.807) is 26.3 Å². The van der Waals surface area contributed by atoms with E-state index >= 15 is 0 Å². The number of carbonyl (C=O) groups is 2. The smallest absolute Gasteiger partial charge is 0.286 e. The van der Waals surface area contributed by atoms with Crippen molar-refractivity contribution in [3.8, 4) is 11.6 Å². The molecular formula is C41H53ClN6O7S. The summed E-state index contributed by atoms with van der Waals surface area (Å²) in [6.45, 7) is 4.75. The standard InChI is InChI=1S/C41H53ClN6O7S/c1-26-23-56(51,46-39(50)32-22-47(3)44-40(32)53-5)45-38(49)28-9-13-37-34(20-28)48(24-41(25-55-37)16-6-7-27-19-30(42)10-12-33(27)41)21-29-8-11-31(29)36(52-4)15-14-35(26)54-18-17-43-2/h9-10,12-15,19-20,22,26,29,31,35-36,43H,6-8,11,16-18,21,23-25H2,1-5H3,(H,45,46,49,50,51)/b15-14+/t26-,29+,31-,35+,36+,41+,56?/m1/s1. The number of hydrogen-bond acceptors (Lipinski definition) is 10. The molecule has 1 fully saturated rings. The van der Waals surface area contributed by atoms with E-state index in [-0.39, 0.29) is 40.2 Å². The second-order valence-electron chi connectivity index (χ2n) is 15.7. The third kappa shape index (κ3) is 8.36. The van der Waals surface area contributed by atoms with Crippen LogP contribution in [0.1, 0.15) is 64.4 Å². The molecule has 2 N–H and O–H groups in total. The summed E-state index contributed by atoms with van der Waals surface area (Å²) in [5, 5.41) is 8.01. The van der Waals surface area contributed by atoms with Crippen LogP contribution in [0.3, 0.4) is 0 Å². The Morgan fingerprint density at radius 3 is 2.71 bits per heavy atom. The van der Waals surface area contributed by atoms with Crippen molar-refractivity contribution >= 4 is 39.0 Å². The molecule has 302 valence electrons. The fourth-order valence-corrected chi connectivity index (χ4v) is 10.9. The molecule has 0 saturated heterocycles. The van der Waals surface area contributed by atoms with E-state index in [1.165, 1.54) is 29.1 Å². The number of amides is 2. The van der Waals surface area contributed by atoms with Crippen molar-refractivity contribution in [3.63, 3.8) is 0 Å². The first-order chi connectivity index (χ1) is 26.9. The van der Waals surface area contributed by atoms with Crippen molar-refractivity contribution in [2.24, 2.45) is 29.2 Å². The number of methoxy groups -OCH3 is 2. The Bertz CT molecular complexity index is 2100. The van der Waals surface area contributed by atoms with Gasteiger partial charge >= 0.3 is 0 Å². The first-order valence-electron chi connectivity index (χ1n) is 19.4. The van der Waals surface area contributed by atoms with E-state index in [1.807, 2.05) is 32.2 Å². The van der Waals surface area contributed by atoms with Gasteiger partial charge in [-0.3, -0.25) is 19.0 Å². The number of halogens is 1. The highest BCUT2D eigenvalue weighted by molar-refractivity contribution is 7.92. The van der Waals surface area contributed by atoms with Crippen LogP contribution in [0.2, 0.25) is 5.02 Å². The van der Waals surface area contributed by atoms with Gasteiger partial charge in [-0.2, -0.15) is 0 Å². The van der Waals surface area contributed by atoms with Gasteiger partial charge in [-0.05, 0) is 92.4 Å². The maximum atomic E-state index is 15.0. The van der Waals surface area contributed by atoms with Gasteiger partial charge in [-0.15, -0.1) is 9.46 Å². The molecule has 56 heavy (non-hydrogen) atoms. The van der Waals surface area contributed by atoms with Gasteiger partial charge in [0.2, 0.25) is 5.88 Å². The van der Waals surface area contributed by atoms with Crippen LogP contribution in [0.25, 0.3) is 0 Å². The van der Waals surface area contributed by atoms with Crippen molar-refractivity contribution in [1.82, 2.24) is 19.8 Å². The van der Waals surface area contributed by atoms with E-state index in [4.69, 9.17) is 30.5 Å². The third-order valence-corrected chi connectivity index (χ3v) is 14.0. The van der Waals surface area contributed by atoms with Gasteiger partial charge in [0.05, 0.1) is 44.0 Å². The maximum absolute atomic E-state index is 15.0. The van der Waals surface area contributed by atoms with Crippen LogP contribution < -0.4 is 24.4 Å².